The number of halogens is 2. The minimum absolute atomic E-state index is 0. The highest BCUT2D eigenvalue weighted by Gasteiger charge is 2.34. The molecule has 0 saturated carbocycles. The van der Waals surface area contributed by atoms with Crippen molar-refractivity contribution in [1.82, 2.24) is 10.6 Å². The molecular weight excluding hydrogens is 448 g/mol. The van der Waals surface area contributed by atoms with Crippen LogP contribution in [0.15, 0.2) is 29.3 Å². The maximum Gasteiger partial charge on any atom is 0.191 e. The molecule has 0 unspecified atom stereocenters. The fourth-order valence-electron chi connectivity index (χ4n) is 3.08. The van der Waals surface area contributed by atoms with Gasteiger partial charge in [0.1, 0.15) is 5.82 Å². The summed E-state index contributed by atoms with van der Waals surface area (Å²) in [5.41, 5.74) is 0.826. The van der Waals surface area contributed by atoms with E-state index in [2.05, 4.69) is 10.6 Å². The lowest BCUT2D eigenvalue weighted by molar-refractivity contribution is 0.0530. The van der Waals surface area contributed by atoms with Crippen LogP contribution in [0.5, 0.6) is 0 Å². The Balaban J connectivity index is 0.00000338. The Morgan fingerprint density at radius 1 is 1.27 bits per heavy atom. The Labute approximate surface area is 173 Å². The monoisotopic (exact) mass is 479 g/mol. The predicted molar refractivity (Wildman–Crippen MR) is 114 cm³/mol. The fourth-order valence-corrected chi connectivity index (χ4v) is 3.08. The Bertz CT molecular complexity index is 551. The van der Waals surface area contributed by atoms with Crippen molar-refractivity contribution in [1.29, 1.82) is 0 Å². The first-order valence-corrected chi connectivity index (χ1v) is 9.14. The molecule has 2 N–H and O–H groups in total. The van der Waals surface area contributed by atoms with E-state index in [0.717, 1.165) is 30.9 Å². The summed E-state index contributed by atoms with van der Waals surface area (Å²) in [5.74, 6) is 0.568. The highest BCUT2D eigenvalue weighted by atomic mass is 127. The number of hydrogen-bond donors (Lipinski definition) is 2. The van der Waals surface area contributed by atoms with Crippen LogP contribution in [0.4, 0.5) is 4.39 Å². The second kappa shape index (κ2) is 12.5. The minimum Gasteiger partial charge on any atom is -0.381 e. The van der Waals surface area contributed by atoms with Crippen LogP contribution < -0.4 is 10.6 Å². The van der Waals surface area contributed by atoms with Crippen molar-refractivity contribution in [2.75, 3.05) is 46.1 Å². The molecule has 7 heteroatoms. The first-order chi connectivity index (χ1) is 12.2. The summed E-state index contributed by atoms with van der Waals surface area (Å²) in [6.45, 7) is 8.82. The molecule has 0 aromatic heterocycles. The Morgan fingerprint density at radius 2 is 2.04 bits per heavy atom. The van der Waals surface area contributed by atoms with E-state index in [1.807, 2.05) is 19.9 Å². The van der Waals surface area contributed by atoms with Gasteiger partial charge in [0.2, 0.25) is 0 Å². The van der Waals surface area contributed by atoms with Crippen molar-refractivity contribution in [3.8, 4) is 0 Å². The minimum atomic E-state index is -0.200. The normalized spacial score (nSPS) is 16.7. The third kappa shape index (κ3) is 7.00. The van der Waals surface area contributed by atoms with E-state index >= 15 is 0 Å². The van der Waals surface area contributed by atoms with Crippen LogP contribution in [-0.4, -0.2) is 52.0 Å². The Hall–Kier alpha value is -0.930. The maximum absolute atomic E-state index is 13.7. The van der Waals surface area contributed by atoms with Gasteiger partial charge in [-0.05, 0) is 44.4 Å². The lowest BCUT2D eigenvalue weighted by Gasteiger charge is -2.36. The van der Waals surface area contributed by atoms with E-state index in [9.17, 15) is 4.39 Å². The van der Waals surface area contributed by atoms with E-state index in [4.69, 9.17) is 14.5 Å². The average molecular weight is 479 g/mol. The van der Waals surface area contributed by atoms with Gasteiger partial charge in [0, 0.05) is 38.3 Å². The molecule has 0 bridgehead atoms. The van der Waals surface area contributed by atoms with Crippen molar-refractivity contribution in [3.05, 3.63) is 35.6 Å². The van der Waals surface area contributed by atoms with Gasteiger partial charge in [0.25, 0.3) is 0 Å². The molecule has 1 heterocycles. The summed E-state index contributed by atoms with van der Waals surface area (Å²) in [4.78, 5) is 4.77. The van der Waals surface area contributed by atoms with E-state index in [1.54, 1.807) is 12.1 Å². The Kier molecular flexibility index (Phi) is 11.1. The molecule has 26 heavy (non-hydrogen) atoms. The number of hydrogen-bond acceptors (Lipinski definition) is 3. The van der Waals surface area contributed by atoms with Gasteiger partial charge in [-0.1, -0.05) is 12.1 Å². The molecular formula is C19H31FIN3O2. The number of ether oxygens (including phenoxy) is 2. The number of nitrogens with zero attached hydrogens (tertiary/aromatic N) is 1. The van der Waals surface area contributed by atoms with E-state index in [-0.39, 0.29) is 35.2 Å². The molecule has 0 atom stereocenters. The van der Waals surface area contributed by atoms with Gasteiger partial charge in [-0.2, -0.15) is 0 Å². The number of rotatable bonds is 8. The highest BCUT2D eigenvalue weighted by Crippen LogP contribution is 2.35. The van der Waals surface area contributed by atoms with Gasteiger partial charge >= 0.3 is 0 Å². The zero-order chi connectivity index (χ0) is 18.0. The molecule has 1 aromatic carbocycles. The maximum atomic E-state index is 13.7. The molecule has 0 spiro atoms. The molecule has 0 radical (unpaired) electrons. The molecule has 0 aliphatic carbocycles. The van der Waals surface area contributed by atoms with Crippen LogP contribution in [0, 0.1) is 5.82 Å². The average Bonchev–Trinajstić information content (AvgIpc) is 2.64. The summed E-state index contributed by atoms with van der Waals surface area (Å²) in [5, 5.41) is 6.54. The largest absolute Gasteiger partial charge is 0.381 e. The van der Waals surface area contributed by atoms with E-state index in [1.165, 1.54) is 6.07 Å². The highest BCUT2D eigenvalue weighted by molar-refractivity contribution is 14.0. The van der Waals surface area contributed by atoms with Crippen LogP contribution in [0.25, 0.3) is 0 Å². The molecule has 1 aliphatic rings. The predicted octanol–water partition coefficient (Wildman–Crippen LogP) is 3.08. The van der Waals surface area contributed by atoms with Crippen molar-refractivity contribution in [2.24, 2.45) is 4.99 Å². The smallest absolute Gasteiger partial charge is 0.191 e. The summed E-state index contributed by atoms with van der Waals surface area (Å²) < 4.78 is 24.6. The first-order valence-electron chi connectivity index (χ1n) is 9.14. The van der Waals surface area contributed by atoms with Gasteiger partial charge in [0.15, 0.2) is 5.96 Å². The SMILES string of the molecule is CCNC(=NCC1(c2cccc(F)c2)CCOCC1)NCCOCC.I. The van der Waals surface area contributed by atoms with Crippen LogP contribution >= 0.6 is 24.0 Å². The molecule has 0 amide bonds. The lowest BCUT2D eigenvalue weighted by atomic mass is 9.74. The topological polar surface area (TPSA) is 54.9 Å². The standard InChI is InChI=1S/C19H30FN3O2.HI/c1-3-21-18(22-10-13-24-4-2)23-15-19(8-11-25-12-9-19)16-6-5-7-17(20)14-16;/h5-7,14H,3-4,8-13,15H2,1-2H3,(H2,21,22,23);1H. The van der Waals surface area contributed by atoms with Crippen LogP contribution in [-0.2, 0) is 14.9 Å². The third-order valence-electron chi connectivity index (χ3n) is 4.51. The second-order valence-electron chi connectivity index (χ2n) is 6.22. The van der Waals surface area contributed by atoms with Gasteiger partial charge in [-0.25, -0.2) is 4.39 Å². The van der Waals surface area contributed by atoms with Crippen molar-refractivity contribution in [2.45, 2.75) is 32.1 Å². The molecule has 148 valence electrons. The zero-order valence-corrected chi connectivity index (χ0v) is 18.1. The van der Waals surface area contributed by atoms with Crippen molar-refractivity contribution in [3.63, 3.8) is 0 Å². The van der Waals surface area contributed by atoms with Gasteiger partial charge < -0.3 is 20.1 Å². The lowest BCUT2D eigenvalue weighted by Crippen LogP contribution is -2.42. The Morgan fingerprint density at radius 3 is 2.69 bits per heavy atom. The first kappa shape index (κ1) is 23.1. The van der Waals surface area contributed by atoms with E-state index < -0.39 is 0 Å². The molecule has 1 aliphatic heterocycles. The number of nitrogens with one attached hydrogen (secondary N) is 2. The number of benzene rings is 1. The fraction of sp³-hybridized carbons (Fsp3) is 0.632. The zero-order valence-electron chi connectivity index (χ0n) is 15.7. The summed E-state index contributed by atoms with van der Waals surface area (Å²) in [7, 11) is 0. The van der Waals surface area contributed by atoms with Crippen LogP contribution in [0.2, 0.25) is 0 Å². The van der Waals surface area contributed by atoms with Gasteiger partial charge in [-0.15, -0.1) is 24.0 Å². The summed E-state index contributed by atoms with van der Waals surface area (Å²) in [6, 6.07) is 6.89. The van der Waals surface area contributed by atoms with Crippen molar-refractivity contribution < 1.29 is 13.9 Å². The summed E-state index contributed by atoms with van der Waals surface area (Å²) in [6.07, 6.45) is 1.69. The summed E-state index contributed by atoms with van der Waals surface area (Å²) >= 11 is 0. The molecule has 2 rings (SSSR count). The van der Waals surface area contributed by atoms with Crippen LogP contribution in [0.3, 0.4) is 0 Å². The third-order valence-corrected chi connectivity index (χ3v) is 4.51. The quantitative estimate of drug-likeness (QED) is 0.261. The van der Waals surface area contributed by atoms with Crippen molar-refractivity contribution >= 4 is 29.9 Å². The van der Waals surface area contributed by atoms with E-state index in [0.29, 0.717) is 39.5 Å². The van der Waals surface area contributed by atoms with Gasteiger partial charge in [0.05, 0.1) is 13.2 Å². The molecule has 1 aromatic rings. The second-order valence-corrected chi connectivity index (χ2v) is 6.22. The van der Waals surface area contributed by atoms with Gasteiger partial charge in [-0.3, -0.25) is 4.99 Å². The molecule has 5 nitrogen and oxygen atoms in total. The number of aliphatic imine (C=N–C) groups is 1. The number of guanidine groups is 1. The van der Waals surface area contributed by atoms with Crippen LogP contribution in [0.1, 0.15) is 32.3 Å². The molecule has 1 saturated heterocycles. The molecule has 1 fully saturated rings.